The van der Waals surface area contributed by atoms with Crippen LogP contribution in [0.25, 0.3) is 0 Å². The van der Waals surface area contributed by atoms with Crippen molar-refractivity contribution >= 4 is 128 Å². The van der Waals surface area contributed by atoms with Crippen LogP contribution in [0.3, 0.4) is 0 Å². The molecule has 6 N–H and O–H groups in total. The molecule has 0 bridgehead atoms. The Balaban J connectivity index is 0.000000264. The molecule has 7 rings (SSSR count). The Morgan fingerprint density at radius 3 is 1.69 bits per heavy atom. The molecule has 1 aromatic heterocycles. The summed E-state index contributed by atoms with van der Waals surface area (Å²) in [7, 11) is 11.3. The Bertz CT molecular complexity index is 2760. The zero-order valence-electron chi connectivity index (χ0n) is 43.1. The second kappa shape index (κ2) is 29.9. The number of nitrogens with two attached hydrogens (primary N) is 2. The van der Waals surface area contributed by atoms with Crippen LogP contribution in [-0.2, 0) is 0 Å². The summed E-state index contributed by atoms with van der Waals surface area (Å²) in [5, 5.41) is 29.7. The minimum Gasteiger partial charge on any atom is -0.490 e. The molecule has 0 spiro atoms. The topological polar surface area (TPSA) is 253 Å². The van der Waals surface area contributed by atoms with E-state index in [1.54, 1.807) is 0 Å². The number of piperidine rings is 2. The Hall–Kier alpha value is -6.01. The van der Waals surface area contributed by atoms with Crippen molar-refractivity contribution in [2.24, 2.45) is 10.7 Å². The fourth-order valence-corrected chi connectivity index (χ4v) is 10.00. The number of aromatic nitrogens is 1. The molecule has 404 valence electrons. The molecule has 0 saturated carbocycles. The number of amidine groups is 1. The molecule has 3 heterocycles. The molecule has 5 aromatic rings. The normalized spacial score (nSPS) is 13.9. The number of nitrogens with zero attached hydrogens (tertiary/aromatic N) is 8. The van der Waals surface area contributed by atoms with E-state index < -0.39 is 15.6 Å². The van der Waals surface area contributed by atoms with Gasteiger partial charge in [0.1, 0.15) is 10.7 Å². The number of methoxy groups -OCH3 is 2. The molecule has 1 atom stereocenters. The highest BCUT2D eigenvalue weighted by molar-refractivity contribution is 9.09. The fraction of sp³-hybridized carbons (Fsp3) is 0.380. The summed E-state index contributed by atoms with van der Waals surface area (Å²) in [5.41, 5.74) is 15.9. The van der Waals surface area contributed by atoms with Crippen molar-refractivity contribution in [3.8, 4) is 11.5 Å². The van der Waals surface area contributed by atoms with Crippen LogP contribution in [0.1, 0.15) is 58.2 Å². The first-order chi connectivity index (χ1) is 35.3. The molecule has 2 aliphatic heterocycles. The van der Waals surface area contributed by atoms with E-state index >= 15 is 0 Å². The molecule has 75 heavy (non-hydrogen) atoms. The van der Waals surface area contributed by atoms with Crippen molar-refractivity contribution < 1.29 is 28.9 Å². The van der Waals surface area contributed by atoms with Gasteiger partial charge in [-0.25, -0.2) is 4.98 Å². The van der Waals surface area contributed by atoms with Crippen molar-refractivity contribution in [2.45, 2.75) is 44.7 Å². The van der Waals surface area contributed by atoms with E-state index in [1.165, 1.54) is 86.6 Å². The number of thiazole rings is 1. The molecule has 0 aliphatic carbocycles. The second-order valence-electron chi connectivity index (χ2n) is 17.3. The number of nitro benzene ring substituents is 2. The van der Waals surface area contributed by atoms with Crippen molar-refractivity contribution in [2.75, 3.05) is 106 Å². The highest BCUT2D eigenvalue weighted by Gasteiger charge is 2.25. The molecule has 2 saturated heterocycles. The van der Waals surface area contributed by atoms with Gasteiger partial charge in [0.2, 0.25) is 5.78 Å². The smallest absolute Gasteiger partial charge is 0.311 e. The second-order valence-corrected chi connectivity index (χ2v) is 20.5. The van der Waals surface area contributed by atoms with E-state index in [0.29, 0.717) is 33.1 Å². The third-order valence-electron chi connectivity index (χ3n) is 12.2. The first-order valence-electron chi connectivity index (χ1n) is 23.5. The standard InChI is InChI=1S/C24H28N6O4S.C17H27N5S2.C9H8BrNO4.H3P/c1-28(2)17-10-12-29(13-11-17)18-7-5-16(6-8-18)26-24-27-23(25)22(35-24)21(31)15-4-9-20(34-3)19(14-15)30(32)33;1-4-24-16(18)20-17(23)19-13-5-7-15(8-6-13)22-11-9-14(10-12-22)21(2)3;1-15-9-3-2-6(8(12)5-10)4-7(9)11(13)14;/h4-9,14,17H,10-13,25H2,1-3H3,(H,26,27);5-8,14H,4,9-12H2,1-3H3,(H3,18,19,20,23);2-4H,5H2,1H3;1H3. The number of aliphatic imine (C=N–C) groups is 1. The summed E-state index contributed by atoms with van der Waals surface area (Å²) in [4.78, 5) is 63.1. The highest BCUT2D eigenvalue weighted by Crippen LogP contribution is 2.34. The summed E-state index contributed by atoms with van der Waals surface area (Å²) >= 11 is 10.8. The van der Waals surface area contributed by atoms with E-state index in [0.717, 1.165) is 67.5 Å². The number of thiocarbonyl (C=S) groups is 1. The maximum atomic E-state index is 13.0. The Kier molecular flexibility index (Phi) is 24.5. The predicted octanol–water partition coefficient (Wildman–Crippen LogP) is 9.37. The number of anilines is 6. The molecule has 1 unspecified atom stereocenters. The SMILES string of the molecule is CCSC(N)=NC(=S)Nc1ccc(N2CCC(N(C)C)CC2)cc1.COc1ccc(C(=O)CBr)cc1[N+](=O)[O-].COc1ccc(C(=O)c2sc(Nc3ccc(N4CCC(N(C)C)CC4)cc3)nc2N)cc1[N+](=O)[O-].P. The number of hydrogen-bond donors (Lipinski definition) is 4. The van der Waals surface area contributed by atoms with Gasteiger partial charge < -0.3 is 51.2 Å². The number of carbonyl (C=O) groups excluding carboxylic acids is 2. The summed E-state index contributed by atoms with van der Waals surface area (Å²) in [5.74, 6) is 0.539. The number of ether oxygens (including phenoxy) is 2. The zero-order valence-corrected chi connectivity index (χ0v) is 48.6. The van der Waals surface area contributed by atoms with E-state index in [-0.39, 0.29) is 60.1 Å². The summed E-state index contributed by atoms with van der Waals surface area (Å²) in [6, 6.07) is 25.9. The van der Waals surface area contributed by atoms with Crippen LogP contribution in [-0.4, -0.2) is 138 Å². The van der Waals surface area contributed by atoms with Gasteiger partial charge in [-0.05, 0) is 145 Å². The summed E-state index contributed by atoms with van der Waals surface area (Å²) in [6.45, 7) is 6.27. The van der Waals surface area contributed by atoms with Crippen LogP contribution in [0.5, 0.6) is 11.5 Å². The van der Waals surface area contributed by atoms with Crippen LogP contribution in [0.15, 0.2) is 89.9 Å². The maximum absolute atomic E-state index is 13.0. The van der Waals surface area contributed by atoms with E-state index in [9.17, 15) is 29.8 Å². The van der Waals surface area contributed by atoms with Crippen molar-refractivity contribution in [1.29, 1.82) is 0 Å². The van der Waals surface area contributed by atoms with Crippen LogP contribution in [0.4, 0.5) is 45.1 Å². The van der Waals surface area contributed by atoms with Gasteiger partial charge in [0.25, 0.3) is 0 Å². The molecule has 0 amide bonds. The van der Waals surface area contributed by atoms with Gasteiger partial charge in [0.05, 0.1) is 29.4 Å². The molecule has 20 nitrogen and oxygen atoms in total. The lowest BCUT2D eigenvalue weighted by Gasteiger charge is -2.36. The van der Waals surface area contributed by atoms with Crippen LogP contribution < -0.4 is 41.4 Å². The number of hydrogen-bond acceptors (Lipinski definition) is 18. The first-order valence-corrected chi connectivity index (χ1v) is 26.8. The molecule has 0 radical (unpaired) electrons. The number of thioether (sulfide) groups is 1. The lowest BCUT2D eigenvalue weighted by Crippen LogP contribution is -2.41. The maximum Gasteiger partial charge on any atom is 0.311 e. The van der Waals surface area contributed by atoms with Gasteiger partial charge in [0.15, 0.2) is 32.7 Å². The van der Waals surface area contributed by atoms with Crippen molar-refractivity contribution in [1.82, 2.24) is 14.8 Å². The molecule has 2 aliphatic rings. The predicted molar refractivity (Wildman–Crippen MR) is 318 cm³/mol. The number of benzene rings is 4. The Labute approximate surface area is 463 Å². The first kappa shape index (κ1) is 61.5. The Morgan fingerprint density at radius 2 is 1.27 bits per heavy atom. The number of rotatable bonds is 16. The number of carbonyl (C=O) groups is 2. The van der Waals surface area contributed by atoms with Crippen LogP contribution in [0.2, 0.25) is 0 Å². The summed E-state index contributed by atoms with van der Waals surface area (Å²) < 4.78 is 9.81. The number of nitro groups is 2. The zero-order chi connectivity index (χ0) is 54.1. The number of nitrogens with one attached hydrogen (secondary N) is 2. The van der Waals surface area contributed by atoms with Gasteiger partial charge in [0, 0.05) is 84.3 Å². The molecule has 25 heteroatoms. The van der Waals surface area contributed by atoms with Gasteiger partial charge in [-0.2, -0.15) is 14.9 Å². The summed E-state index contributed by atoms with van der Waals surface area (Å²) in [6.07, 6.45) is 4.69. The van der Waals surface area contributed by atoms with Crippen molar-refractivity contribution in [3.05, 3.63) is 121 Å². The number of Topliss-reactive ketones (excluding diaryl/α,β-unsaturated/α-hetero) is 1. The largest absolute Gasteiger partial charge is 0.490 e. The minimum absolute atomic E-state index is 0. The lowest BCUT2D eigenvalue weighted by atomic mass is 10.0. The van der Waals surface area contributed by atoms with Gasteiger partial charge in [-0.15, -0.1) is 0 Å². The average Bonchev–Trinajstić information content (AvgIpc) is 3.77. The van der Waals surface area contributed by atoms with E-state index in [1.807, 2.05) is 31.2 Å². The quantitative estimate of drug-likeness (QED) is 0.0105. The third-order valence-corrected chi connectivity index (χ3v) is 14.5. The number of alkyl halides is 1. The number of halogens is 1. The highest BCUT2D eigenvalue weighted by atomic mass is 79.9. The van der Waals surface area contributed by atoms with Crippen molar-refractivity contribution in [3.63, 3.8) is 0 Å². The lowest BCUT2D eigenvalue weighted by molar-refractivity contribution is -0.385. The molecular formula is C50H66BrN12O8PS3. The van der Waals surface area contributed by atoms with Crippen LogP contribution in [0, 0.1) is 20.2 Å². The Morgan fingerprint density at radius 1 is 0.813 bits per heavy atom. The molecule has 4 aromatic carbocycles. The third kappa shape index (κ3) is 17.8. The van der Waals surface area contributed by atoms with Gasteiger partial charge in [-0.3, -0.25) is 29.8 Å². The number of ketones is 2. The van der Waals surface area contributed by atoms with E-state index in [4.69, 9.17) is 33.2 Å². The molecule has 2 fully saturated rings. The van der Waals surface area contributed by atoms with E-state index in [2.05, 4.69) is 109 Å². The van der Waals surface area contributed by atoms with Gasteiger partial charge >= 0.3 is 11.4 Å². The monoisotopic (exact) mass is 1170 g/mol. The van der Waals surface area contributed by atoms with Gasteiger partial charge in [-0.1, -0.05) is 46.0 Å². The minimum atomic E-state index is -0.591. The molecular weight excluding hydrogens is 1100 g/mol. The number of nitrogen functional groups attached to an aromatic ring is 1. The fourth-order valence-electron chi connectivity index (χ4n) is 8.08. The average molecular weight is 1170 g/mol. The van der Waals surface area contributed by atoms with Crippen LogP contribution >= 0.6 is 61.1 Å².